The van der Waals surface area contributed by atoms with Crippen LogP contribution in [0.25, 0.3) is 5.65 Å². The maximum Gasteiger partial charge on any atom is 0.223 e. The van der Waals surface area contributed by atoms with Gasteiger partial charge in [0.1, 0.15) is 5.15 Å². The molecule has 0 saturated carbocycles. The van der Waals surface area contributed by atoms with E-state index in [0.717, 1.165) is 0 Å². The van der Waals surface area contributed by atoms with Gasteiger partial charge in [0.25, 0.3) is 0 Å². The third kappa shape index (κ3) is 1.67. The summed E-state index contributed by atoms with van der Waals surface area (Å²) in [6, 6.07) is 3.36. The molecule has 0 fully saturated rings. The molecule has 0 aliphatic rings. The van der Waals surface area contributed by atoms with Crippen LogP contribution in [-0.2, 0) is 11.2 Å². The molecule has 0 spiro atoms. The van der Waals surface area contributed by atoms with Crippen molar-refractivity contribution >= 4 is 23.2 Å². The minimum absolute atomic E-state index is 0.112. The fourth-order valence-corrected chi connectivity index (χ4v) is 1.32. The van der Waals surface area contributed by atoms with Crippen molar-refractivity contribution < 1.29 is 4.79 Å². The standard InChI is InChI=1S/C8H7ClN4O/c9-6-1-2-8-11-5(3-7(10)14)4-13(8)12-6/h1-2,4H,3H2,(H2,10,14). The van der Waals surface area contributed by atoms with Gasteiger partial charge < -0.3 is 5.73 Å². The van der Waals surface area contributed by atoms with Gasteiger partial charge in [-0.05, 0) is 12.1 Å². The second-order valence-corrected chi connectivity index (χ2v) is 3.22. The highest BCUT2D eigenvalue weighted by atomic mass is 35.5. The molecule has 0 aliphatic carbocycles. The lowest BCUT2D eigenvalue weighted by Crippen LogP contribution is -2.13. The van der Waals surface area contributed by atoms with E-state index in [-0.39, 0.29) is 6.42 Å². The molecule has 6 heteroatoms. The summed E-state index contributed by atoms with van der Waals surface area (Å²) in [5.74, 6) is -0.417. The van der Waals surface area contributed by atoms with E-state index in [4.69, 9.17) is 17.3 Å². The molecule has 0 saturated heterocycles. The number of halogens is 1. The van der Waals surface area contributed by atoms with Crippen LogP contribution in [0.2, 0.25) is 5.15 Å². The van der Waals surface area contributed by atoms with Crippen LogP contribution in [-0.4, -0.2) is 20.5 Å². The Morgan fingerprint density at radius 2 is 2.36 bits per heavy atom. The smallest absolute Gasteiger partial charge is 0.223 e. The Hall–Kier alpha value is -1.62. The molecule has 5 nitrogen and oxygen atoms in total. The van der Waals surface area contributed by atoms with Crippen LogP contribution in [0, 0.1) is 0 Å². The average molecular weight is 211 g/mol. The third-order valence-electron chi connectivity index (χ3n) is 1.69. The van der Waals surface area contributed by atoms with Crippen molar-refractivity contribution in [1.82, 2.24) is 14.6 Å². The predicted molar refractivity (Wildman–Crippen MR) is 50.9 cm³/mol. The molecule has 2 aromatic heterocycles. The molecule has 14 heavy (non-hydrogen) atoms. The first-order valence-corrected chi connectivity index (χ1v) is 4.32. The van der Waals surface area contributed by atoms with Crippen molar-refractivity contribution in [3.05, 3.63) is 29.2 Å². The van der Waals surface area contributed by atoms with E-state index in [9.17, 15) is 4.79 Å². The van der Waals surface area contributed by atoms with E-state index in [1.165, 1.54) is 4.52 Å². The van der Waals surface area contributed by atoms with Crippen molar-refractivity contribution in [3.8, 4) is 0 Å². The molecule has 1 amide bonds. The summed E-state index contributed by atoms with van der Waals surface area (Å²) >= 11 is 5.68. The van der Waals surface area contributed by atoms with Crippen LogP contribution in [0.5, 0.6) is 0 Å². The SMILES string of the molecule is NC(=O)Cc1cn2nc(Cl)ccc2n1. The van der Waals surface area contributed by atoms with Crippen LogP contribution in [0.4, 0.5) is 0 Å². The van der Waals surface area contributed by atoms with Gasteiger partial charge in [-0.2, -0.15) is 5.10 Å². The van der Waals surface area contributed by atoms with Crippen LogP contribution in [0.15, 0.2) is 18.3 Å². The zero-order chi connectivity index (χ0) is 10.1. The lowest BCUT2D eigenvalue weighted by atomic mass is 10.3. The number of fused-ring (bicyclic) bond motifs is 1. The van der Waals surface area contributed by atoms with E-state index >= 15 is 0 Å². The molecule has 0 radical (unpaired) electrons. The second-order valence-electron chi connectivity index (χ2n) is 2.83. The summed E-state index contributed by atoms with van der Waals surface area (Å²) in [6.45, 7) is 0. The highest BCUT2D eigenvalue weighted by Gasteiger charge is 2.05. The number of carbonyl (C=O) groups excluding carboxylic acids is 1. The zero-order valence-electron chi connectivity index (χ0n) is 7.14. The molecule has 0 aliphatic heterocycles. The normalized spacial score (nSPS) is 10.6. The molecule has 0 aromatic carbocycles. The first-order valence-electron chi connectivity index (χ1n) is 3.94. The summed E-state index contributed by atoms with van der Waals surface area (Å²) in [7, 11) is 0. The molecule has 72 valence electrons. The van der Waals surface area contributed by atoms with Crippen LogP contribution in [0.1, 0.15) is 5.69 Å². The molecular weight excluding hydrogens is 204 g/mol. The van der Waals surface area contributed by atoms with Crippen LogP contribution < -0.4 is 5.73 Å². The molecule has 2 heterocycles. The summed E-state index contributed by atoms with van der Waals surface area (Å²) in [4.78, 5) is 14.8. The fraction of sp³-hybridized carbons (Fsp3) is 0.125. The number of primary amides is 1. The van der Waals surface area contributed by atoms with E-state index in [0.29, 0.717) is 16.5 Å². The summed E-state index contributed by atoms with van der Waals surface area (Å²) in [6.07, 6.45) is 1.74. The number of amides is 1. The zero-order valence-corrected chi connectivity index (χ0v) is 7.90. The number of rotatable bonds is 2. The number of hydrogen-bond acceptors (Lipinski definition) is 3. The lowest BCUT2D eigenvalue weighted by molar-refractivity contribution is -0.117. The Morgan fingerprint density at radius 3 is 3.07 bits per heavy atom. The monoisotopic (exact) mass is 210 g/mol. The Balaban J connectivity index is 2.46. The van der Waals surface area contributed by atoms with Gasteiger partial charge in [-0.15, -0.1) is 0 Å². The number of nitrogens with zero attached hydrogens (tertiary/aromatic N) is 3. The molecular formula is C8H7ClN4O. The number of aromatic nitrogens is 3. The van der Waals surface area contributed by atoms with Gasteiger partial charge in [0.15, 0.2) is 5.65 Å². The largest absolute Gasteiger partial charge is 0.369 e. The molecule has 2 rings (SSSR count). The van der Waals surface area contributed by atoms with Crippen molar-refractivity contribution in [1.29, 1.82) is 0 Å². The van der Waals surface area contributed by atoms with Crippen molar-refractivity contribution in [3.63, 3.8) is 0 Å². The number of carbonyl (C=O) groups is 1. The van der Waals surface area contributed by atoms with Crippen molar-refractivity contribution in [2.75, 3.05) is 0 Å². The summed E-state index contributed by atoms with van der Waals surface area (Å²) < 4.78 is 1.51. The second kappa shape index (κ2) is 3.26. The maximum atomic E-state index is 10.6. The highest BCUT2D eigenvalue weighted by Crippen LogP contribution is 2.08. The Morgan fingerprint density at radius 1 is 1.57 bits per heavy atom. The number of hydrogen-bond donors (Lipinski definition) is 1. The predicted octanol–water partition coefficient (Wildman–Crippen LogP) is 0.410. The van der Waals surface area contributed by atoms with Crippen molar-refractivity contribution in [2.24, 2.45) is 5.73 Å². The quantitative estimate of drug-likeness (QED) is 0.780. The first kappa shape index (κ1) is 8.96. The maximum absolute atomic E-state index is 10.6. The fourth-order valence-electron chi connectivity index (χ4n) is 1.17. The van der Waals surface area contributed by atoms with E-state index in [1.54, 1.807) is 18.3 Å². The van der Waals surface area contributed by atoms with Crippen molar-refractivity contribution in [2.45, 2.75) is 6.42 Å². The average Bonchev–Trinajstić information content (AvgIpc) is 2.44. The summed E-state index contributed by atoms with van der Waals surface area (Å²) in [5.41, 5.74) is 6.28. The van der Waals surface area contributed by atoms with Gasteiger partial charge in [-0.3, -0.25) is 4.79 Å². The van der Waals surface area contributed by atoms with Gasteiger partial charge in [0.05, 0.1) is 18.3 Å². The molecule has 0 bridgehead atoms. The van der Waals surface area contributed by atoms with Crippen LogP contribution >= 0.6 is 11.6 Å². The van der Waals surface area contributed by atoms with Gasteiger partial charge in [-0.25, -0.2) is 9.50 Å². The molecule has 2 aromatic rings. The number of imidazole rings is 1. The Bertz CT molecular complexity index is 493. The van der Waals surface area contributed by atoms with E-state index < -0.39 is 5.91 Å². The Labute approximate surface area is 84.5 Å². The highest BCUT2D eigenvalue weighted by molar-refractivity contribution is 6.29. The first-order chi connectivity index (χ1) is 6.65. The minimum Gasteiger partial charge on any atom is -0.369 e. The lowest BCUT2D eigenvalue weighted by Gasteiger charge is -1.90. The molecule has 2 N–H and O–H groups in total. The van der Waals surface area contributed by atoms with E-state index in [1.807, 2.05) is 0 Å². The van der Waals surface area contributed by atoms with Gasteiger partial charge in [-0.1, -0.05) is 11.6 Å². The molecule has 0 atom stereocenters. The minimum atomic E-state index is -0.417. The van der Waals surface area contributed by atoms with E-state index in [2.05, 4.69) is 10.1 Å². The Kier molecular flexibility index (Phi) is 2.09. The van der Waals surface area contributed by atoms with Gasteiger partial charge in [0, 0.05) is 0 Å². The van der Waals surface area contributed by atoms with Crippen LogP contribution in [0.3, 0.4) is 0 Å². The summed E-state index contributed by atoms with van der Waals surface area (Å²) in [5, 5.41) is 4.35. The third-order valence-corrected chi connectivity index (χ3v) is 1.89. The molecule has 0 unspecified atom stereocenters. The number of nitrogens with two attached hydrogens (primary N) is 1. The topological polar surface area (TPSA) is 73.3 Å². The van der Waals surface area contributed by atoms with Gasteiger partial charge in [0.2, 0.25) is 5.91 Å². The van der Waals surface area contributed by atoms with Gasteiger partial charge >= 0.3 is 0 Å².